The van der Waals surface area contributed by atoms with Crippen LogP contribution in [0.15, 0.2) is 59.5 Å². The summed E-state index contributed by atoms with van der Waals surface area (Å²) in [5.74, 6) is 0.0330. The number of benzene rings is 2. The van der Waals surface area contributed by atoms with E-state index in [9.17, 15) is 9.59 Å². The van der Waals surface area contributed by atoms with E-state index in [1.807, 2.05) is 29.2 Å². The number of aromatic nitrogens is 1. The summed E-state index contributed by atoms with van der Waals surface area (Å²) in [5, 5.41) is 1.74. The van der Waals surface area contributed by atoms with Crippen LogP contribution in [0.5, 0.6) is 0 Å². The highest BCUT2D eigenvalue weighted by Gasteiger charge is 2.22. The molecular weight excluding hydrogens is 397 g/mol. The van der Waals surface area contributed by atoms with E-state index >= 15 is 0 Å². The van der Waals surface area contributed by atoms with E-state index in [0.717, 1.165) is 18.8 Å². The van der Waals surface area contributed by atoms with Crippen LogP contribution < -0.4 is 10.3 Å². The zero-order valence-corrected chi connectivity index (χ0v) is 16.7. The quantitative estimate of drug-likeness (QED) is 0.655. The lowest BCUT2D eigenvalue weighted by Gasteiger charge is -2.36. The number of pyridine rings is 1. The molecule has 1 aliphatic rings. The average molecular weight is 416 g/mol. The van der Waals surface area contributed by atoms with Crippen molar-refractivity contribution in [1.29, 1.82) is 0 Å². The number of rotatable bonds is 3. The van der Waals surface area contributed by atoms with Gasteiger partial charge in [0.05, 0.1) is 5.52 Å². The van der Waals surface area contributed by atoms with Crippen LogP contribution in [0, 0.1) is 0 Å². The molecule has 0 bridgehead atoms. The Labute approximate surface area is 172 Å². The first kappa shape index (κ1) is 18.8. The van der Waals surface area contributed by atoms with Crippen molar-refractivity contribution in [2.24, 2.45) is 0 Å². The maximum absolute atomic E-state index is 12.8. The maximum Gasteiger partial charge on any atom is 0.242 e. The lowest BCUT2D eigenvalue weighted by atomic mass is 10.2. The molecule has 0 spiro atoms. The fraction of sp³-hybridized carbons (Fsp3) is 0.238. The molecule has 2 aromatic carbocycles. The molecule has 1 aliphatic heterocycles. The molecule has 0 aliphatic carbocycles. The molecule has 1 saturated heterocycles. The third-order valence-corrected chi connectivity index (χ3v) is 5.52. The Hall–Kier alpha value is -2.50. The van der Waals surface area contributed by atoms with Crippen molar-refractivity contribution in [1.82, 2.24) is 9.47 Å². The highest BCUT2D eigenvalue weighted by Crippen LogP contribution is 2.21. The molecule has 0 atom stereocenters. The van der Waals surface area contributed by atoms with Crippen molar-refractivity contribution in [3.8, 4) is 0 Å². The minimum absolute atomic E-state index is 0.0330. The average Bonchev–Trinajstić information content (AvgIpc) is 2.70. The minimum atomic E-state index is -0.101. The van der Waals surface area contributed by atoms with Crippen LogP contribution in [0.1, 0.15) is 0 Å². The summed E-state index contributed by atoms with van der Waals surface area (Å²) in [6, 6.07) is 14.4. The van der Waals surface area contributed by atoms with Crippen LogP contribution in [-0.2, 0) is 11.3 Å². The first-order valence-electron chi connectivity index (χ1n) is 9.08. The number of piperazine rings is 1. The summed E-state index contributed by atoms with van der Waals surface area (Å²) in [7, 11) is 0. The molecule has 1 fully saturated rings. The van der Waals surface area contributed by atoms with E-state index in [1.54, 1.807) is 29.0 Å². The van der Waals surface area contributed by atoms with Gasteiger partial charge in [-0.2, -0.15) is 0 Å². The van der Waals surface area contributed by atoms with Gasteiger partial charge in [-0.15, -0.1) is 0 Å². The molecular formula is C21H19Cl2N3O2. The number of hydrogen-bond donors (Lipinski definition) is 0. The molecule has 1 amide bonds. The Morgan fingerprint density at radius 1 is 0.929 bits per heavy atom. The third-order valence-electron chi connectivity index (χ3n) is 5.05. The summed E-state index contributed by atoms with van der Waals surface area (Å²) in [5.41, 5.74) is 1.68. The van der Waals surface area contributed by atoms with Crippen molar-refractivity contribution in [3.63, 3.8) is 0 Å². The van der Waals surface area contributed by atoms with E-state index in [-0.39, 0.29) is 17.9 Å². The van der Waals surface area contributed by atoms with Crippen LogP contribution in [-0.4, -0.2) is 41.6 Å². The van der Waals surface area contributed by atoms with Crippen LogP contribution >= 0.6 is 23.2 Å². The van der Waals surface area contributed by atoms with Gasteiger partial charge in [0.15, 0.2) is 5.43 Å². The van der Waals surface area contributed by atoms with E-state index in [4.69, 9.17) is 23.2 Å². The van der Waals surface area contributed by atoms with E-state index in [1.165, 1.54) is 6.07 Å². The zero-order chi connectivity index (χ0) is 19.7. The lowest BCUT2D eigenvalue weighted by molar-refractivity contribution is -0.132. The van der Waals surface area contributed by atoms with Crippen LogP contribution in [0.4, 0.5) is 5.69 Å². The molecule has 0 radical (unpaired) electrons. The van der Waals surface area contributed by atoms with Crippen molar-refractivity contribution in [3.05, 3.63) is 75.0 Å². The molecule has 0 saturated carbocycles. The summed E-state index contributed by atoms with van der Waals surface area (Å²) < 4.78 is 1.80. The predicted octanol–water partition coefficient (Wildman–Crippen LogP) is 3.66. The normalized spacial score (nSPS) is 14.5. The van der Waals surface area contributed by atoms with Gasteiger partial charge >= 0.3 is 0 Å². The third kappa shape index (κ3) is 3.86. The molecule has 3 aromatic rings. The van der Waals surface area contributed by atoms with Crippen molar-refractivity contribution in [2.45, 2.75) is 6.54 Å². The highest BCUT2D eigenvalue weighted by atomic mass is 35.5. The van der Waals surface area contributed by atoms with Gasteiger partial charge < -0.3 is 14.4 Å². The van der Waals surface area contributed by atoms with Crippen LogP contribution in [0.3, 0.4) is 0 Å². The molecule has 0 unspecified atom stereocenters. The van der Waals surface area contributed by atoms with Crippen LogP contribution in [0.2, 0.25) is 10.0 Å². The Morgan fingerprint density at radius 3 is 2.43 bits per heavy atom. The van der Waals surface area contributed by atoms with Crippen LogP contribution in [0.25, 0.3) is 10.9 Å². The number of carbonyl (C=O) groups excluding carboxylic acids is 1. The van der Waals surface area contributed by atoms with Gasteiger partial charge in [0.2, 0.25) is 5.91 Å². The maximum atomic E-state index is 12.8. The minimum Gasteiger partial charge on any atom is -0.368 e. The second-order valence-corrected chi connectivity index (χ2v) is 7.69. The SMILES string of the molecule is O=C(Cn1ccc(=O)c2cc(Cl)ccc21)N1CCN(c2cccc(Cl)c2)CC1. The summed E-state index contributed by atoms with van der Waals surface area (Å²) >= 11 is 12.1. The number of amides is 1. The fourth-order valence-corrected chi connectivity index (χ4v) is 3.91. The Morgan fingerprint density at radius 2 is 1.68 bits per heavy atom. The predicted molar refractivity (Wildman–Crippen MR) is 113 cm³/mol. The van der Waals surface area contributed by atoms with Crippen molar-refractivity contribution >= 4 is 45.7 Å². The molecule has 2 heterocycles. The van der Waals surface area contributed by atoms with E-state index < -0.39 is 0 Å². The van der Waals surface area contributed by atoms with E-state index in [2.05, 4.69) is 4.90 Å². The monoisotopic (exact) mass is 415 g/mol. The van der Waals surface area contributed by atoms with Gasteiger partial charge in [0.25, 0.3) is 0 Å². The molecule has 0 N–H and O–H groups in total. The Kier molecular flexibility index (Phi) is 5.29. The zero-order valence-electron chi connectivity index (χ0n) is 15.1. The largest absolute Gasteiger partial charge is 0.368 e. The number of hydrogen-bond acceptors (Lipinski definition) is 3. The standard InChI is InChI=1S/C21H19Cl2N3O2/c22-15-2-1-3-17(12-15)24-8-10-25(11-9-24)21(28)14-26-7-6-20(27)18-13-16(23)4-5-19(18)26/h1-7,12-13H,8-11,14H2. The van der Waals surface area contributed by atoms with Gasteiger partial charge in [-0.25, -0.2) is 0 Å². The number of carbonyl (C=O) groups is 1. The number of anilines is 1. The number of halogens is 2. The number of nitrogens with zero attached hydrogens (tertiary/aromatic N) is 3. The van der Waals surface area contributed by atoms with Gasteiger partial charge in [0, 0.05) is 59.6 Å². The van der Waals surface area contributed by atoms with Gasteiger partial charge in [-0.1, -0.05) is 29.3 Å². The molecule has 4 rings (SSSR count). The molecule has 144 valence electrons. The fourth-order valence-electron chi connectivity index (χ4n) is 3.55. The second-order valence-electron chi connectivity index (χ2n) is 6.82. The van der Waals surface area contributed by atoms with Gasteiger partial charge in [0.1, 0.15) is 6.54 Å². The first-order valence-corrected chi connectivity index (χ1v) is 9.84. The lowest BCUT2D eigenvalue weighted by Crippen LogP contribution is -2.49. The van der Waals surface area contributed by atoms with E-state index in [0.29, 0.717) is 34.0 Å². The molecule has 1 aromatic heterocycles. The smallest absolute Gasteiger partial charge is 0.242 e. The Balaban J connectivity index is 1.46. The summed E-state index contributed by atoms with van der Waals surface area (Å²) in [4.78, 5) is 29.0. The first-order chi connectivity index (χ1) is 13.5. The van der Waals surface area contributed by atoms with Crippen molar-refractivity contribution < 1.29 is 4.79 Å². The summed E-state index contributed by atoms with van der Waals surface area (Å²) in [6.45, 7) is 3.00. The molecule has 7 heteroatoms. The highest BCUT2D eigenvalue weighted by molar-refractivity contribution is 6.31. The van der Waals surface area contributed by atoms with Gasteiger partial charge in [-0.05, 0) is 36.4 Å². The topological polar surface area (TPSA) is 45.6 Å². The summed E-state index contributed by atoms with van der Waals surface area (Å²) in [6.07, 6.45) is 1.67. The van der Waals surface area contributed by atoms with Crippen molar-refractivity contribution in [2.75, 3.05) is 31.1 Å². The number of fused-ring (bicyclic) bond motifs is 1. The second kappa shape index (κ2) is 7.86. The molecule has 28 heavy (non-hydrogen) atoms. The van der Waals surface area contributed by atoms with Gasteiger partial charge in [-0.3, -0.25) is 9.59 Å². The molecule has 5 nitrogen and oxygen atoms in total. The Bertz CT molecular complexity index is 1090.